The van der Waals surface area contributed by atoms with Gasteiger partial charge in [-0.1, -0.05) is 41.4 Å². The van der Waals surface area contributed by atoms with Crippen LogP contribution in [0.5, 0.6) is 0 Å². The number of rotatable bonds is 8. The molecule has 1 heterocycles. The van der Waals surface area contributed by atoms with Crippen molar-refractivity contribution in [2.45, 2.75) is 29.0 Å². The third-order valence-corrected chi connectivity index (χ3v) is 8.45. The lowest BCUT2D eigenvalue weighted by atomic mass is 10.0. The predicted octanol–water partition coefficient (Wildman–Crippen LogP) is 6.32. The van der Waals surface area contributed by atoms with Crippen molar-refractivity contribution in [2.75, 3.05) is 24.4 Å². The van der Waals surface area contributed by atoms with Crippen LogP contribution >= 0.6 is 35.0 Å². The van der Waals surface area contributed by atoms with E-state index in [0.29, 0.717) is 21.6 Å². The van der Waals surface area contributed by atoms with Gasteiger partial charge in [-0.15, -0.1) is 11.8 Å². The first kappa shape index (κ1) is 28.5. The summed E-state index contributed by atoms with van der Waals surface area (Å²) < 4.78 is 73.3. The van der Waals surface area contributed by atoms with Crippen LogP contribution in [0.4, 0.5) is 18.9 Å². The van der Waals surface area contributed by atoms with Crippen molar-refractivity contribution in [3.8, 4) is 0 Å². The Morgan fingerprint density at radius 3 is 2.42 bits per heavy atom. The lowest BCUT2D eigenvalue weighted by Gasteiger charge is -2.28. The number of halogens is 5. The highest BCUT2D eigenvalue weighted by atomic mass is 35.5. The number of aliphatic hydroxyl groups is 1. The summed E-state index contributed by atoms with van der Waals surface area (Å²) in [6, 6.07) is 10.5. The molecule has 0 fully saturated rings. The van der Waals surface area contributed by atoms with E-state index in [2.05, 4.69) is 4.98 Å². The Hall–Kier alpha value is -2.02. The van der Waals surface area contributed by atoms with Gasteiger partial charge in [0.15, 0.2) is 0 Å². The molecule has 1 atom stereocenters. The van der Waals surface area contributed by atoms with Crippen LogP contribution in [0.2, 0.25) is 10.0 Å². The number of hydrogen-bond donors (Lipinski definition) is 1. The molecular weight excluding hydrogens is 560 g/mol. The van der Waals surface area contributed by atoms with Crippen LogP contribution in [0.3, 0.4) is 0 Å². The van der Waals surface area contributed by atoms with E-state index < -0.39 is 44.5 Å². The number of benzene rings is 2. The van der Waals surface area contributed by atoms with E-state index in [4.69, 9.17) is 27.9 Å². The maximum Gasteiger partial charge on any atom is 0.417 e. The number of sulfonamides is 1. The van der Waals surface area contributed by atoms with E-state index in [0.717, 1.165) is 17.0 Å². The number of hydrogen-bond acceptors (Lipinski definition) is 6. The van der Waals surface area contributed by atoms with Gasteiger partial charge in [-0.2, -0.15) is 13.2 Å². The smallest absolute Gasteiger partial charge is 0.382 e. The minimum absolute atomic E-state index is 0.0657. The predicted molar refractivity (Wildman–Crippen MR) is 134 cm³/mol. The number of ether oxygens (including phenoxy) is 1. The zero-order valence-electron chi connectivity index (χ0n) is 19.2. The second-order valence-corrected chi connectivity index (χ2v) is 11.0. The Morgan fingerprint density at radius 1 is 1.14 bits per heavy atom. The van der Waals surface area contributed by atoms with E-state index in [1.54, 1.807) is 31.2 Å². The van der Waals surface area contributed by atoms with Gasteiger partial charge >= 0.3 is 6.18 Å². The molecule has 0 saturated heterocycles. The number of aliphatic hydroxyl groups excluding tert-OH is 1. The molecule has 0 spiro atoms. The quantitative estimate of drug-likeness (QED) is 0.248. The second kappa shape index (κ2) is 11.2. The van der Waals surface area contributed by atoms with E-state index >= 15 is 0 Å². The van der Waals surface area contributed by atoms with Gasteiger partial charge in [0.25, 0.3) is 10.0 Å². The third kappa shape index (κ3) is 5.76. The van der Waals surface area contributed by atoms with Crippen LogP contribution in [0.1, 0.15) is 28.6 Å². The highest BCUT2D eigenvalue weighted by Crippen LogP contribution is 2.40. The normalized spacial score (nSPS) is 13.0. The van der Waals surface area contributed by atoms with Gasteiger partial charge in [0, 0.05) is 17.6 Å². The number of anilines is 1. The summed E-state index contributed by atoms with van der Waals surface area (Å²) in [5.74, 6) is 0. The van der Waals surface area contributed by atoms with Crippen LogP contribution in [-0.4, -0.2) is 38.6 Å². The Balaban J connectivity index is 2.25. The molecule has 3 rings (SSSR count). The van der Waals surface area contributed by atoms with Gasteiger partial charge < -0.3 is 9.84 Å². The number of aromatic nitrogens is 1. The largest absolute Gasteiger partial charge is 0.417 e. The minimum atomic E-state index is -4.88. The number of aryl methyl sites for hydroxylation is 1. The van der Waals surface area contributed by atoms with Crippen molar-refractivity contribution >= 4 is 50.7 Å². The third-order valence-electron chi connectivity index (χ3n) is 5.20. The monoisotopic (exact) mass is 580 g/mol. The molecule has 36 heavy (non-hydrogen) atoms. The van der Waals surface area contributed by atoms with E-state index in [9.17, 15) is 26.7 Å². The van der Waals surface area contributed by atoms with Gasteiger partial charge in [-0.05, 0) is 43.5 Å². The summed E-state index contributed by atoms with van der Waals surface area (Å²) in [6.07, 6.45) is -4.45. The second-order valence-electron chi connectivity index (χ2n) is 7.52. The molecule has 0 aliphatic carbocycles. The molecule has 0 radical (unpaired) electrons. The molecule has 1 unspecified atom stereocenters. The maximum absolute atomic E-state index is 13.6. The average molecular weight is 581 g/mol. The van der Waals surface area contributed by atoms with E-state index in [1.165, 1.54) is 24.9 Å². The van der Waals surface area contributed by atoms with Crippen molar-refractivity contribution in [1.29, 1.82) is 0 Å². The summed E-state index contributed by atoms with van der Waals surface area (Å²) in [4.78, 5) is 4.39. The summed E-state index contributed by atoms with van der Waals surface area (Å²) in [5, 5.41) is 10.7. The zero-order chi connectivity index (χ0) is 26.8. The Bertz CT molecular complexity index is 1370. The van der Waals surface area contributed by atoms with Gasteiger partial charge in [0.05, 0.1) is 37.6 Å². The summed E-state index contributed by atoms with van der Waals surface area (Å²) in [5.41, 5.74) is -0.752. The molecule has 6 nitrogen and oxygen atoms in total. The lowest BCUT2D eigenvalue weighted by Crippen LogP contribution is -2.34. The molecule has 0 amide bonds. The molecule has 2 aromatic carbocycles. The first-order chi connectivity index (χ1) is 16.8. The Morgan fingerprint density at radius 2 is 1.81 bits per heavy atom. The first-order valence-electron chi connectivity index (χ1n) is 10.2. The number of pyridine rings is 1. The molecule has 0 saturated carbocycles. The van der Waals surface area contributed by atoms with Crippen LogP contribution < -0.4 is 4.31 Å². The standard InChI is InChI=1S/C23H21Cl2F3N2O4S2/c1-13-18(25)11-19(21(29-13)22(31)15-6-4-5-7-20(15)35-3)30(12-34-2)36(32,33)14-8-9-17(24)16(10-14)23(26,27)28/h4-11,22,31H,12H2,1-3H3. The molecule has 0 aliphatic heterocycles. The van der Waals surface area contributed by atoms with Gasteiger partial charge in [-0.25, -0.2) is 12.7 Å². The van der Waals surface area contributed by atoms with Gasteiger partial charge in [0.2, 0.25) is 0 Å². The maximum atomic E-state index is 13.6. The van der Waals surface area contributed by atoms with Crippen molar-refractivity contribution in [2.24, 2.45) is 0 Å². The van der Waals surface area contributed by atoms with Crippen LogP contribution in [-0.2, 0) is 20.9 Å². The number of methoxy groups -OCH3 is 1. The average Bonchev–Trinajstić information content (AvgIpc) is 2.82. The summed E-state index contributed by atoms with van der Waals surface area (Å²) in [6.45, 7) is 0.976. The highest BCUT2D eigenvalue weighted by molar-refractivity contribution is 7.98. The van der Waals surface area contributed by atoms with Crippen molar-refractivity contribution < 1.29 is 31.4 Å². The number of thioether (sulfide) groups is 1. The molecule has 1 N–H and O–H groups in total. The van der Waals surface area contributed by atoms with Crippen molar-refractivity contribution in [3.05, 3.63) is 81.1 Å². The summed E-state index contributed by atoms with van der Waals surface area (Å²) in [7, 11) is -3.45. The zero-order valence-corrected chi connectivity index (χ0v) is 22.3. The molecule has 0 aliphatic rings. The fraction of sp³-hybridized carbons (Fsp3) is 0.261. The van der Waals surface area contributed by atoms with Crippen LogP contribution in [0.25, 0.3) is 0 Å². The SMILES string of the molecule is COCN(c1cc(Cl)c(C)nc1C(O)c1ccccc1SC)S(=O)(=O)c1ccc(Cl)c(C(F)(F)F)c1. The first-order valence-corrected chi connectivity index (χ1v) is 13.6. The number of alkyl halides is 3. The topological polar surface area (TPSA) is 79.7 Å². The fourth-order valence-electron chi connectivity index (χ4n) is 3.43. The van der Waals surface area contributed by atoms with Crippen molar-refractivity contribution in [3.63, 3.8) is 0 Å². The van der Waals surface area contributed by atoms with Crippen LogP contribution in [0, 0.1) is 6.92 Å². The molecule has 194 valence electrons. The van der Waals surface area contributed by atoms with E-state index in [1.807, 2.05) is 6.26 Å². The highest BCUT2D eigenvalue weighted by Gasteiger charge is 2.37. The van der Waals surface area contributed by atoms with Crippen molar-refractivity contribution in [1.82, 2.24) is 4.98 Å². The number of nitrogens with zero attached hydrogens (tertiary/aromatic N) is 2. The molecule has 1 aromatic heterocycles. The van der Waals surface area contributed by atoms with Gasteiger partial charge in [-0.3, -0.25) is 4.98 Å². The Kier molecular flexibility index (Phi) is 8.85. The van der Waals surface area contributed by atoms with Crippen LogP contribution in [0.15, 0.2) is 58.3 Å². The van der Waals surface area contributed by atoms with Gasteiger partial charge in [0.1, 0.15) is 12.8 Å². The molecule has 13 heteroatoms. The molecular formula is C23H21Cl2F3N2O4S2. The fourth-order valence-corrected chi connectivity index (χ4v) is 5.84. The molecule has 0 bridgehead atoms. The minimum Gasteiger partial charge on any atom is -0.382 e. The summed E-state index contributed by atoms with van der Waals surface area (Å²) >= 11 is 13.3. The molecule has 3 aromatic rings. The van der Waals surface area contributed by atoms with E-state index in [-0.39, 0.29) is 16.4 Å². The lowest BCUT2D eigenvalue weighted by molar-refractivity contribution is -0.137. The Labute approximate surface area is 221 Å².